The summed E-state index contributed by atoms with van der Waals surface area (Å²) in [5, 5.41) is 14.5. The Morgan fingerprint density at radius 2 is 2.10 bits per heavy atom. The molecule has 3 aromatic rings. The van der Waals surface area contributed by atoms with Crippen molar-refractivity contribution in [1.82, 2.24) is 19.1 Å². The fourth-order valence-corrected chi connectivity index (χ4v) is 4.20. The minimum absolute atomic E-state index is 0.139. The van der Waals surface area contributed by atoms with Gasteiger partial charge in [-0.3, -0.25) is 13.8 Å². The van der Waals surface area contributed by atoms with Crippen LogP contribution >= 0.6 is 11.9 Å². The third kappa shape index (κ3) is 3.23. The van der Waals surface area contributed by atoms with Gasteiger partial charge in [0.1, 0.15) is 28.7 Å². The van der Waals surface area contributed by atoms with Crippen LogP contribution in [0.4, 0.5) is 10.2 Å². The van der Waals surface area contributed by atoms with E-state index in [4.69, 9.17) is 10.5 Å². The maximum atomic E-state index is 14.0. The van der Waals surface area contributed by atoms with Crippen LogP contribution in [-0.4, -0.2) is 32.0 Å². The first-order valence-electron chi connectivity index (χ1n) is 8.95. The van der Waals surface area contributed by atoms with Crippen LogP contribution in [0.5, 0.6) is 5.75 Å². The molecular formula is C20H17FN6O2S. The molecule has 4 rings (SSSR count). The van der Waals surface area contributed by atoms with E-state index in [9.17, 15) is 14.4 Å². The van der Waals surface area contributed by atoms with Crippen molar-refractivity contribution in [2.45, 2.75) is 18.1 Å². The van der Waals surface area contributed by atoms with Gasteiger partial charge in [-0.15, -0.1) is 0 Å². The van der Waals surface area contributed by atoms with Crippen molar-refractivity contribution in [1.29, 1.82) is 5.26 Å². The maximum absolute atomic E-state index is 14.0. The van der Waals surface area contributed by atoms with E-state index in [-0.39, 0.29) is 17.5 Å². The minimum Gasteiger partial charge on any atom is -0.482 e. The van der Waals surface area contributed by atoms with Crippen LogP contribution in [0.1, 0.15) is 34.6 Å². The number of nitriles is 1. The predicted molar refractivity (Wildman–Crippen MR) is 109 cm³/mol. The number of hydrogen-bond acceptors (Lipinski definition) is 7. The molecule has 8 nitrogen and oxygen atoms in total. The Morgan fingerprint density at radius 3 is 2.83 bits per heavy atom. The first kappa shape index (κ1) is 19.7. The number of fused-ring (bicyclic) bond motifs is 5. The lowest BCUT2D eigenvalue weighted by molar-refractivity contribution is 0.0887. The standard InChI is InChI=1S/C20H17FN6O2S/c1-10-14-7-12(21)4-5-13(14)20(28)27(3)30-19-17(15(8-22)26(2)25-19)11-6-16(29-10)18(23)24-9-11/h4-7,9-10H,1-3H3,(H2,23,24)/t10-/m1/s1. The number of nitrogens with two attached hydrogens (primary N) is 1. The molecule has 0 unspecified atom stereocenters. The zero-order chi connectivity index (χ0) is 21.6. The van der Waals surface area contributed by atoms with Crippen molar-refractivity contribution in [2.24, 2.45) is 7.05 Å². The molecule has 30 heavy (non-hydrogen) atoms. The van der Waals surface area contributed by atoms with Crippen LogP contribution in [0.3, 0.4) is 0 Å². The van der Waals surface area contributed by atoms with Crippen molar-refractivity contribution in [2.75, 3.05) is 12.8 Å². The van der Waals surface area contributed by atoms with Crippen LogP contribution in [0.2, 0.25) is 0 Å². The zero-order valence-corrected chi connectivity index (χ0v) is 17.2. The first-order chi connectivity index (χ1) is 14.3. The quantitative estimate of drug-likeness (QED) is 0.551. The molecule has 2 N–H and O–H groups in total. The van der Waals surface area contributed by atoms with Gasteiger partial charge in [0.05, 0.1) is 5.56 Å². The highest BCUT2D eigenvalue weighted by Crippen LogP contribution is 2.39. The van der Waals surface area contributed by atoms with Gasteiger partial charge < -0.3 is 10.5 Å². The average molecular weight is 424 g/mol. The SMILES string of the molecule is C[C@H]1Oc2cc(cnc2N)-c2c(nn(C)c2C#N)SN(C)C(=O)c2ccc(F)cc21. The van der Waals surface area contributed by atoms with Gasteiger partial charge in [-0.25, -0.2) is 9.37 Å². The van der Waals surface area contributed by atoms with Gasteiger partial charge in [-0.2, -0.15) is 10.4 Å². The number of anilines is 1. The summed E-state index contributed by atoms with van der Waals surface area (Å²) >= 11 is 1.07. The topological polar surface area (TPSA) is 110 Å². The molecule has 2 aromatic heterocycles. The van der Waals surface area contributed by atoms with Crippen LogP contribution in [0.15, 0.2) is 35.5 Å². The third-order valence-electron chi connectivity index (χ3n) is 4.79. The van der Waals surface area contributed by atoms with Gasteiger partial charge in [-0.05, 0) is 31.2 Å². The third-order valence-corrected chi connectivity index (χ3v) is 5.68. The number of rotatable bonds is 0. The first-order valence-corrected chi connectivity index (χ1v) is 9.72. The van der Waals surface area contributed by atoms with Crippen LogP contribution in [-0.2, 0) is 7.05 Å². The molecule has 1 amide bonds. The van der Waals surface area contributed by atoms with Crippen molar-refractivity contribution < 1.29 is 13.9 Å². The molecule has 10 heteroatoms. The fraction of sp³-hybridized carbons (Fsp3) is 0.200. The number of amides is 1. The molecular weight excluding hydrogens is 407 g/mol. The highest BCUT2D eigenvalue weighted by atomic mass is 32.2. The van der Waals surface area contributed by atoms with Crippen LogP contribution in [0, 0.1) is 17.1 Å². The lowest BCUT2D eigenvalue weighted by Crippen LogP contribution is -2.23. The lowest BCUT2D eigenvalue weighted by atomic mass is 10.0. The van der Waals surface area contributed by atoms with E-state index in [2.05, 4.69) is 16.2 Å². The molecule has 0 fully saturated rings. The fourth-order valence-electron chi connectivity index (χ4n) is 3.30. The summed E-state index contributed by atoms with van der Waals surface area (Å²) in [5.41, 5.74) is 8.07. The summed E-state index contributed by atoms with van der Waals surface area (Å²) in [6.07, 6.45) is 0.844. The molecule has 1 aromatic carbocycles. The number of halogens is 1. The summed E-state index contributed by atoms with van der Waals surface area (Å²) in [6.45, 7) is 1.70. The lowest BCUT2D eigenvalue weighted by Gasteiger charge is -2.23. The molecule has 3 heterocycles. The van der Waals surface area contributed by atoms with Crippen molar-refractivity contribution >= 4 is 23.7 Å². The Labute approximate surface area is 176 Å². The highest BCUT2D eigenvalue weighted by Gasteiger charge is 2.27. The number of benzene rings is 1. The molecule has 0 saturated carbocycles. The van der Waals surface area contributed by atoms with E-state index < -0.39 is 11.9 Å². The largest absolute Gasteiger partial charge is 0.482 e. The van der Waals surface area contributed by atoms with E-state index in [1.807, 2.05) is 0 Å². The molecule has 0 aliphatic carbocycles. The predicted octanol–water partition coefficient (Wildman–Crippen LogP) is 3.31. The molecule has 1 atom stereocenters. The maximum Gasteiger partial charge on any atom is 0.264 e. The van der Waals surface area contributed by atoms with Gasteiger partial charge in [-0.1, -0.05) is 0 Å². The van der Waals surface area contributed by atoms with Gasteiger partial charge in [0.15, 0.2) is 11.6 Å². The number of nitrogens with zero attached hydrogens (tertiary/aromatic N) is 5. The van der Waals surface area contributed by atoms with Crippen LogP contribution < -0.4 is 10.5 Å². The van der Waals surface area contributed by atoms with E-state index >= 15 is 0 Å². The van der Waals surface area contributed by atoms with Crippen molar-refractivity contribution in [3.63, 3.8) is 0 Å². The Hall–Kier alpha value is -3.58. The molecule has 0 saturated heterocycles. The summed E-state index contributed by atoms with van der Waals surface area (Å²) < 4.78 is 22.8. The van der Waals surface area contributed by atoms with Gasteiger partial charge >= 0.3 is 0 Å². The second-order valence-corrected chi connectivity index (χ2v) is 7.87. The van der Waals surface area contributed by atoms with E-state index in [1.165, 1.54) is 33.4 Å². The number of carbonyl (C=O) groups is 1. The second kappa shape index (κ2) is 7.35. The average Bonchev–Trinajstić information content (AvgIpc) is 3.03. The summed E-state index contributed by atoms with van der Waals surface area (Å²) in [5.74, 6) is -0.429. The minimum atomic E-state index is -0.680. The summed E-state index contributed by atoms with van der Waals surface area (Å²) in [6, 6.07) is 7.73. The van der Waals surface area contributed by atoms with Gasteiger partial charge in [0.25, 0.3) is 5.91 Å². The Kier molecular flexibility index (Phi) is 4.83. The molecule has 1 aliphatic heterocycles. The van der Waals surface area contributed by atoms with Crippen molar-refractivity contribution in [3.05, 3.63) is 53.1 Å². The number of nitrogen functional groups attached to an aromatic ring is 1. The molecule has 0 radical (unpaired) electrons. The van der Waals surface area contributed by atoms with E-state index in [1.54, 1.807) is 27.1 Å². The number of carbonyl (C=O) groups excluding carboxylic acids is 1. The Bertz CT molecular complexity index is 1220. The normalized spacial score (nSPS) is 15.9. The number of aromatic nitrogens is 3. The highest BCUT2D eigenvalue weighted by molar-refractivity contribution is 7.97. The molecule has 1 aliphatic rings. The molecule has 2 bridgehead atoms. The van der Waals surface area contributed by atoms with E-state index in [0.717, 1.165) is 11.9 Å². The summed E-state index contributed by atoms with van der Waals surface area (Å²) in [7, 11) is 3.24. The summed E-state index contributed by atoms with van der Waals surface area (Å²) in [4.78, 5) is 17.3. The number of pyridine rings is 1. The Morgan fingerprint density at radius 1 is 1.33 bits per heavy atom. The number of ether oxygens (including phenoxy) is 1. The van der Waals surface area contributed by atoms with Crippen LogP contribution in [0.25, 0.3) is 11.1 Å². The number of aryl methyl sites for hydroxylation is 1. The smallest absolute Gasteiger partial charge is 0.264 e. The number of hydrogen-bond donors (Lipinski definition) is 1. The molecule has 0 spiro atoms. The molecule has 152 valence electrons. The van der Waals surface area contributed by atoms with Gasteiger partial charge in [0.2, 0.25) is 0 Å². The van der Waals surface area contributed by atoms with E-state index in [0.29, 0.717) is 33.0 Å². The Balaban J connectivity index is 1.98. The monoisotopic (exact) mass is 424 g/mol. The van der Waals surface area contributed by atoms with Gasteiger partial charge in [0, 0.05) is 48.9 Å². The zero-order valence-electron chi connectivity index (χ0n) is 16.4. The van der Waals surface area contributed by atoms with Crippen molar-refractivity contribution in [3.8, 4) is 22.9 Å². The second-order valence-electron chi connectivity index (χ2n) is 6.76.